The van der Waals surface area contributed by atoms with E-state index in [4.69, 9.17) is 224 Å². The summed E-state index contributed by atoms with van der Waals surface area (Å²) in [5.41, 5.74) is 0. The zero-order valence-electron chi connectivity index (χ0n) is 39.9. The monoisotopic (exact) mass is 1330 g/mol. The van der Waals surface area contributed by atoms with Gasteiger partial charge in [-0.2, -0.15) is 0 Å². The number of halogens is 16. The van der Waals surface area contributed by atoms with Gasteiger partial charge in [0.1, 0.15) is 64.5 Å². The molecule has 7 aliphatic carbocycles. The molecule has 6 unspecified atom stereocenters. The van der Waals surface area contributed by atoms with Gasteiger partial charge in [-0.15, -0.1) is 69.6 Å². The normalized spacial score (nSPS) is 38.8. The Morgan fingerprint density at radius 2 is 0.569 bits per heavy atom. The van der Waals surface area contributed by atoms with Gasteiger partial charge in [-0.25, -0.2) is 0 Å². The number of ether oxygens (including phenoxy) is 8. The maximum Gasteiger partial charge on any atom is 0.246 e. The Hall–Kier alpha value is 1.44. The fourth-order valence-electron chi connectivity index (χ4n) is 10.8. The van der Waals surface area contributed by atoms with Crippen LogP contribution in [0.2, 0.25) is 0 Å². The van der Waals surface area contributed by atoms with Crippen molar-refractivity contribution >= 4 is 211 Å². The van der Waals surface area contributed by atoms with Crippen LogP contribution in [0.3, 0.4) is 0 Å². The van der Waals surface area contributed by atoms with E-state index < -0.39 is 70.1 Å². The van der Waals surface area contributed by atoms with Crippen molar-refractivity contribution in [1.29, 1.82) is 0 Å². The van der Waals surface area contributed by atoms with E-state index >= 15 is 0 Å². The molecule has 0 amide bonds. The molecule has 7 rings (SSSR count). The molecule has 6 bridgehead atoms. The maximum atomic E-state index is 11.3. The molecule has 28 heteroatoms. The average Bonchev–Trinajstić information content (AvgIpc) is 3.92. The van der Waals surface area contributed by atoms with Gasteiger partial charge in [-0.3, -0.25) is 4.79 Å². The lowest BCUT2D eigenvalue weighted by Crippen LogP contribution is -2.57. The first-order valence-corrected chi connectivity index (χ1v) is 26.6. The Bertz CT molecular complexity index is 2110. The summed E-state index contributed by atoms with van der Waals surface area (Å²) >= 11 is 100.0. The predicted molar refractivity (Wildman–Crippen MR) is 289 cm³/mol. The molecule has 12 nitrogen and oxygen atoms in total. The molecule has 3 saturated carbocycles. The molecule has 0 N–H and O–H groups in total. The molecular formula is C44H48Cl16O12. The molecule has 408 valence electrons. The lowest BCUT2D eigenvalue weighted by molar-refractivity contribution is -0.220. The number of aldehydes is 4. The lowest BCUT2D eigenvalue weighted by Gasteiger charge is -2.41. The third-order valence-corrected chi connectivity index (χ3v) is 24.5. The number of hydrogen-bond donors (Lipinski definition) is 0. The summed E-state index contributed by atoms with van der Waals surface area (Å²) in [7, 11) is 11.2. The van der Waals surface area contributed by atoms with Gasteiger partial charge in [0.15, 0.2) is 0 Å². The van der Waals surface area contributed by atoms with Crippen LogP contribution in [0, 0.1) is 35.5 Å². The van der Waals surface area contributed by atoms with Gasteiger partial charge >= 0.3 is 0 Å². The predicted octanol–water partition coefficient (Wildman–Crippen LogP) is 13.4. The molecule has 12 atom stereocenters. The van der Waals surface area contributed by atoms with Crippen LogP contribution in [0.1, 0.15) is 27.7 Å². The van der Waals surface area contributed by atoms with Crippen molar-refractivity contribution in [3.05, 3.63) is 62.5 Å². The zero-order valence-corrected chi connectivity index (χ0v) is 52.0. The average molecular weight is 1340 g/mol. The fourth-order valence-corrected chi connectivity index (χ4v) is 18.5. The van der Waals surface area contributed by atoms with E-state index in [1.54, 1.807) is 33.8 Å². The van der Waals surface area contributed by atoms with Crippen LogP contribution < -0.4 is 0 Å². The first-order chi connectivity index (χ1) is 33.3. The van der Waals surface area contributed by atoms with Crippen molar-refractivity contribution in [3.8, 4) is 0 Å². The summed E-state index contributed by atoms with van der Waals surface area (Å²) < 4.78 is 42.7. The summed E-state index contributed by atoms with van der Waals surface area (Å²) in [6.45, 7) is 7.12. The number of hydrogen-bond acceptors (Lipinski definition) is 12. The second-order valence-corrected chi connectivity index (χ2v) is 23.9. The van der Waals surface area contributed by atoms with Crippen molar-refractivity contribution in [1.82, 2.24) is 0 Å². The smallest absolute Gasteiger partial charge is 0.246 e. The summed E-state index contributed by atoms with van der Waals surface area (Å²) in [6.07, 6.45) is 6.05. The zero-order chi connectivity index (χ0) is 56.1. The van der Waals surface area contributed by atoms with E-state index in [1.807, 2.05) is 0 Å². The summed E-state index contributed by atoms with van der Waals surface area (Å²) in [6, 6.07) is 0. The molecule has 0 aromatic rings. The number of methoxy groups -OCH3 is 8. The van der Waals surface area contributed by atoms with E-state index in [2.05, 4.69) is 0 Å². The number of carbonyl (C=O) groups is 4. The molecular weight excluding hydrogens is 1290 g/mol. The van der Waals surface area contributed by atoms with Crippen LogP contribution in [-0.2, 0) is 57.1 Å². The molecule has 0 aliphatic heterocycles. The van der Waals surface area contributed by atoms with E-state index in [-0.39, 0.29) is 68.1 Å². The quantitative estimate of drug-likeness (QED) is 0.0794. The van der Waals surface area contributed by atoms with Crippen LogP contribution in [0.5, 0.6) is 0 Å². The van der Waals surface area contributed by atoms with Crippen LogP contribution in [0.25, 0.3) is 0 Å². The second kappa shape index (κ2) is 24.3. The van der Waals surface area contributed by atoms with Crippen molar-refractivity contribution < 1.29 is 57.1 Å². The number of fused-ring (bicyclic) bond motifs is 6. The number of alkyl halides is 6. The number of rotatable bonds is 12. The van der Waals surface area contributed by atoms with Crippen LogP contribution in [0.4, 0.5) is 0 Å². The number of carbonyl (C=O) groups excluding carboxylic acids is 4. The Balaban J connectivity index is 0.000000247. The molecule has 0 radical (unpaired) electrons. The van der Waals surface area contributed by atoms with Gasteiger partial charge in [-0.05, 0) is 30.8 Å². The minimum Gasteiger partial charge on any atom is -0.350 e. The van der Waals surface area contributed by atoms with Crippen molar-refractivity contribution in [3.63, 3.8) is 0 Å². The van der Waals surface area contributed by atoms with E-state index in [1.165, 1.54) is 63.0 Å². The molecule has 3 fully saturated rings. The first-order valence-electron chi connectivity index (χ1n) is 20.6. The Morgan fingerprint density at radius 1 is 0.361 bits per heavy atom. The third-order valence-electron chi connectivity index (χ3n) is 14.4. The maximum absolute atomic E-state index is 11.3. The molecule has 0 spiro atoms. The highest BCUT2D eigenvalue weighted by atomic mass is 35.5. The van der Waals surface area contributed by atoms with Crippen molar-refractivity contribution in [2.24, 2.45) is 35.5 Å². The standard InChI is InChI=1S/3C11H12Cl4O3.C7H6Cl4O2.C4H6O/c3*1-5-6(4-16)10(15)8(13)7(12)9(5,14)11(10,17-2)18-3;1-12-7(13-2)5(10)3(8)4(9)6(7)11;1-2-3-4-5/h3*4-6H,1-3H3;1-2H3;2-4H,1H3/b;;;;3-2-/t5-,6+,9?,10?;2*5-,6-,9?,10?;;/m110../s1. The molecule has 0 saturated heterocycles. The topological polar surface area (TPSA) is 142 Å². The third kappa shape index (κ3) is 8.24. The minimum absolute atomic E-state index is 0.111. The van der Waals surface area contributed by atoms with Gasteiger partial charge in [0, 0.05) is 74.6 Å². The van der Waals surface area contributed by atoms with E-state index in [0.29, 0.717) is 0 Å². The van der Waals surface area contributed by atoms with Gasteiger partial charge in [-0.1, -0.05) is 143 Å². The van der Waals surface area contributed by atoms with Crippen molar-refractivity contribution in [2.45, 2.75) is 80.1 Å². The van der Waals surface area contributed by atoms with Crippen LogP contribution >= 0.6 is 186 Å². The van der Waals surface area contributed by atoms with Gasteiger partial charge in [0.2, 0.25) is 23.1 Å². The molecule has 72 heavy (non-hydrogen) atoms. The van der Waals surface area contributed by atoms with Crippen molar-refractivity contribution in [2.75, 3.05) is 56.9 Å². The summed E-state index contributed by atoms with van der Waals surface area (Å²) in [4.78, 5) is 35.3. The highest BCUT2D eigenvalue weighted by molar-refractivity contribution is 6.55. The van der Waals surface area contributed by atoms with Crippen LogP contribution in [-0.4, -0.2) is 134 Å². The molecule has 0 heterocycles. The molecule has 0 aromatic heterocycles. The lowest BCUT2D eigenvalue weighted by atomic mass is 9.84. The Kier molecular flexibility index (Phi) is 22.8. The highest BCUT2D eigenvalue weighted by Crippen LogP contribution is 2.76. The van der Waals surface area contributed by atoms with E-state index in [0.717, 1.165) is 25.1 Å². The SMILES string of the molecule is C/C=C\C=O.COC1(OC)C(Cl)=C(Cl)C(Cl)=C1Cl.COC1(OC)C2(Cl)C(Cl)=C(Cl)C1(Cl)[C@@H](C=O)[C@@H]2C.COC1(OC)C2(Cl)C(Cl)=C(Cl)C1(Cl)[C@@H](C=O)[C@H]2C.COC1(OC)C2(Cl)C(Cl)=C(Cl)C1(Cl)[C@H](C=O)[C@H]2C. The van der Waals surface area contributed by atoms with Gasteiger partial charge in [0.25, 0.3) is 0 Å². The fraction of sp³-hybridized carbons (Fsp3) is 0.636. The Morgan fingerprint density at radius 3 is 0.681 bits per heavy atom. The Labute approximate surface area is 498 Å². The van der Waals surface area contributed by atoms with Crippen LogP contribution in [0.15, 0.2) is 62.5 Å². The summed E-state index contributed by atoms with van der Waals surface area (Å²) in [5, 5.41) is 1.43. The van der Waals surface area contributed by atoms with E-state index in [9.17, 15) is 19.2 Å². The first kappa shape index (κ1) is 67.7. The summed E-state index contributed by atoms with van der Waals surface area (Å²) in [5.74, 6) is -8.80. The highest BCUT2D eigenvalue weighted by Gasteiger charge is 2.86. The van der Waals surface area contributed by atoms with Gasteiger partial charge in [0.05, 0.1) is 40.3 Å². The minimum atomic E-state index is -1.47. The molecule has 0 aromatic carbocycles. The largest absolute Gasteiger partial charge is 0.350 e. The molecule has 7 aliphatic rings. The van der Waals surface area contributed by atoms with Gasteiger partial charge < -0.3 is 52.3 Å². The number of allylic oxidation sites excluding steroid dienone is 4. The second-order valence-electron chi connectivity index (χ2n) is 16.5.